The number of hydrogen-bond acceptors (Lipinski definition) is 2. The molecule has 1 saturated carbocycles. The van der Waals surface area contributed by atoms with Crippen LogP contribution in [0.25, 0.3) is 0 Å². The van der Waals surface area contributed by atoms with Gasteiger partial charge in [-0.1, -0.05) is 43.5 Å². The third kappa shape index (κ3) is 3.84. The van der Waals surface area contributed by atoms with Gasteiger partial charge in [-0.3, -0.25) is 0 Å². The predicted molar refractivity (Wildman–Crippen MR) is 62.5 cm³/mol. The summed E-state index contributed by atoms with van der Waals surface area (Å²) >= 11 is 0. The van der Waals surface area contributed by atoms with Crippen LogP contribution in [0.2, 0.25) is 0 Å². The van der Waals surface area contributed by atoms with Gasteiger partial charge in [-0.05, 0) is 18.8 Å². The molecular weight excluding hydrogens is 187 g/mol. The zero-order valence-electron chi connectivity index (χ0n) is 9.23. The lowest BCUT2D eigenvalue weighted by molar-refractivity contribution is 0.365. The minimum atomic E-state index is -0.110. The molecule has 2 rings (SSSR count). The molecule has 1 aliphatic heterocycles. The molecule has 0 aromatic heterocycles. The van der Waals surface area contributed by atoms with Crippen LogP contribution in [-0.2, 0) is 9.31 Å². The molecule has 0 amide bonds. The van der Waals surface area contributed by atoms with Crippen LogP contribution in [0.1, 0.15) is 32.1 Å². The molecule has 0 N–H and O–H groups in total. The smallest absolute Gasteiger partial charge is 0.405 e. The van der Waals surface area contributed by atoms with E-state index in [1.165, 1.54) is 32.1 Å². The summed E-state index contributed by atoms with van der Waals surface area (Å²) in [4.78, 5) is 0. The van der Waals surface area contributed by atoms with Crippen LogP contribution in [0.3, 0.4) is 0 Å². The van der Waals surface area contributed by atoms with E-state index < -0.39 is 0 Å². The SMILES string of the molecule is C(/C=C/C1CCCCC1)=C\B1OCCO1. The molecule has 15 heavy (non-hydrogen) atoms. The summed E-state index contributed by atoms with van der Waals surface area (Å²) in [5.41, 5.74) is 0. The first kappa shape index (κ1) is 11.0. The summed E-state index contributed by atoms with van der Waals surface area (Å²) < 4.78 is 10.6. The lowest BCUT2D eigenvalue weighted by Gasteiger charge is -2.17. The lowest BCUT2D eigenvalue weighted by Crippen LogP contribution is -2.09. The second-order valence-electron chi connectivity index (χ2n) is 4.28. The second-order valence-corrected chi connectivity index (χ2v) is 4.28. The number of hydrogen-bond donors (Lipinski definition) is 0. The highest BCUT2D eigenvalue weighted by molar-refractivity contribution is 6.51. The topological polar surface area (TPSA) is 18.5 Å². The van der Waals surface area contributed by atoms with Crippen LogP contribution < -0.4 is 0 Å². The number of allylic oxidation sites excluding steroid dienone is 3. The van der Waals surface area contributed by atoms with E-state index >= 15 is 0 Å². The van der Waals surface area contributed by atoms with E-state index in [1.54, 1.807) is 0 Å². The quantitative estimate of drug-likeness (QED) is 0.522. The molecule has 1 aliphatic carbocycles. The predicted octanol–water partition coefficient (Wildman–Crippen LogP) is 2.75. The molecule has 0 aromatic carbocycles. The molecule has 0 aromatic rings. The number of rotatable bonds is 3. The van der Waals surface area contributed by atoms with Gasteiger partial charge in [-0.15, -0.1) is 0 Å². The van der Waals surface area contributed by atoms with Crippen molar-refractivity contribution in [1.82, 2.24) is 0 Å². The van der Waals surface area contributed by atoms with Crippen molar-refractivity contribution >= 4 is 7.12 Å². The summed E-state index contributed by atoms with van der Waals surface area (Å²) in [6.07, 6.45) is 13.4. The first-order valence-corrected chi connectivity index (χ1v) is 6.03. The fourth-order valence-electron chi connectivity index (χ4n) is 2.19. The molecule has 2 fully saturated rings. The van der Waals surface area contributed by atoms with E-state index in [2.05, 4.69) is 12.2 Å². The summed E-state index contributed by atoms with van der Waals surface area (Å²) in [6.45, 7) is 1.45. The van der Waals surface area contributed by atoms with Crippen molar-refractivity contribution < 1.29 is 9.31 Å². The minimum Gasteiger partial charge on any atom is -0.405 e. The van der Waals surface area contributed by atoms with Gasteiger partial charge in [0.25, 0.3) is 0 Å². The molecule has 0 spiro atoms. The third-order valence-corrected chi connectivity index (χ3v) is 3.06. The van der Waals surface area contributed by atoms with Crippen molar-refractivity contribution in [3.05, 3.63) is 24.2 Å². The van der Waals surface area contributed by atoms with Gasteiger partial charge in [0.05, 0.1) is 13.2 Å². The highest BCUT2D eigenvalue weighted by atomic mass is 16.6. The average molecular weight is 206 g/mol. The largest absolute Gasteiger partial charge is 0.486 e. The molecule has 0 radical (unpaired) electrons. The van der Waals surface area contributed by atoms with Crippen LogP contribution in [-0.4, -0.2) is 20.3 Å². The Balaban J connectivity index is 1.68. The fraction of sp³-hybridized carbons (Fsp3) is 0.667. The summed E-state index contributed by atoms with van der Waals surface area (Å²) in [7, 11) is -0.110. The lowest BCUT2D eigenvalue weighted by atomic mass is 9.88. The standard InChI is InChI=1S/C12H19BO2/c1-2-6-12(7-3-1)8-4-5-9-13-14-10-11-15-13/h4-5,8-9,12H,1-3,6-7,10-11H2/b8-4+,9-5+. The van der Waals surface area contributed by atoms with Crippen molar-refractivity contribution in [1.29, 1.82) is 0 Å². The van der Waals surface area contributed by atoms with Crippen LogP contribution in [0, 0.1) is 5.92 Å². The Labute approximate surface area is 92.5 Å². The van der Waals surface area contributed by atoms with Gasteiger partial charge >= 0.3 is 7.12 Å². The zero-order chi connectivity index (χ0) is 10.3. The van der Waals surface area contributed by atoms with E-state index in [0.29, 0.717) is 0 Å². The molecule has 2 nitrogen and oxygen atoms in total. The average Bonchev–Trinajstić information content (AvgIpc) is 2.79. The van der Waals surface area contributed by atoms with Crippen LogP contribution in [0.15, 0.2) is 24.2 Å². The van der Waals surface area contributed by atoms with Gasteiger partial charge in [-0.25, -0.2) is 0 Å². The summed E-state index contributed by atoms with van der Waals surface area (Å²) in [6, 6.07) is 0. The van der Waals surface area contributed by atoms with Gasteiger partial charge in [0.1, 0.15) is 0 Å². The van der Waals surface area contributed by atoms with E-state index in [4.69, 9.17) is 9.31 Å². The Morgan fingerprint density at radius 3 is 2.40 bits per heavy atom. The third-order valence-electron chi connectivity index (χ3n) is 3.06. The van der Waals surface area contributed by atoms with Gasteiger partial charge in [0, 0.05) is 0 Å². The zero-order valence-corrected chi connectivity index (χ0v) is 9.23. The second kappa shape index (κ2) is 6.14. The van der Waals surface area contributed by atoms with E-state index in [9.17, 15) is 0 Å². The van der Waals surface area contributed by atoms with Crippen LogP contribution in [0.5, 0.6) is 0 Å². The van der Waals surface area contributed by atoms with E-state index in [-0.39, 0.29) is 7.12 Å². The maximum Gasteiger partial charge on any atom is 0.486 e. The monoisotopic (exact) mass is 206 g/mol. The molecule has 82 valence electrons. The molecule has 1 saturated heterocycles. The highest BCUT2D eigenvalue weighted by Crippen LogP contribution is 2.24. The molecule has 1 heterocycles. The fourth-order valence-corrected chi connectivity index (χ4v) is 2.19. The molecule has 0 atom stereocenters. The summed E-state index contributed by atoms with van der Waals surface area (Å²) in [5.74, 6) is 2.78. The van der Waals surface area contributed by atoms with E-state index in [1.807, 2.05) is 12.1 Å². The molecule has 3 heteroatoms. The van der Waals surface area contributed by atoms with Crippen molar-refractivity contribution in [2.75, 3.05) is 13.2 Å². The highest BCUT2D eigenvalue weighted by Gasteiger charge is 2.19. The van der Waals surface area contributed by atoms with Crippen molar-refractivity contribution in [2.45, 2.75) is 32.1 Å². The first-order chi connectivity index (χ1) is 7.45. The van der Waals surface area contributed by atoms with Crippen molar-refractivity contribution in [2.24, 2.45) is 5.92 Å². The van der Waals surface area contributed by atoms with Gasteiger partial charge in [0.15, 0.2) is 0 Å². The summed E-state index contributed by atoms with van der Waals surface area (Å²) in [5, 5.41) is 0. The van der Waals surface area contributed by atoms with Crippen molar-refractivity contribution in [3.63, 3.8) is 0 Å². The minimum absolute atomic E-state index is 0.110. The van der Waals surface area contributed by atoms with Crippen LogP contribution in [0.4, 0.5) is 0 Å². The maximum absolute atomic E-state index is 5.30. The van der Waals surface area contributed by atoms with Gasteiger partial charge < -0.3 is 9.31 Å². The normalized spacial score (nSPS) is 24.7. The van der Waals surface area contributed by atoms with Crippen LogP contribution >= 0.6 is 0 Å². The van der Waals surface area contributed by atoms with Gasteiger partial charge in [-0.2, -0.15) is 0 Å². The van der Waals surface area contributed by atoms with E-state index in [0.717, 1.165) is 19.1 Å². The Hall–Kier alpha value is -0.535. The molecular formula is C12H19BO2. The Bertz CT molecular complexity index is 226. The van der Waals surface area contributed by atoms with Gasteiger partial charge in [0.2, 0.25) is 0 Å². The van der Waals surface area contributed by atoms with Crippen molar-refractivity contribution in [3.8, 4) is 0 Å². The Morgan fingerprint density at radius 2 is 1.67 bits per heavy atom. The Morgan fingerprint density at radius 1 is 0.933 bits per heavy atom. The molecule has 0 bridgehead atoms. The molecule has 0 unspecified atom stereocenters. The Kier molecular flexibility index (Phi) is 4.49. The first-order valence-electron chi connectivity index (χ1n) is 6.03. The maximum atomic E-state index is 5.30. The molecule has 2 aliphatic rings.